The van der Waals surface area contributed by atoms with Gasteiger partial charge < -0.3 is 10.1 Å². The van der Waals surface area contributed by atoms with E-state index in [0.717, 1.165) is 34.0 Å². The Labute approximate surface area is 314 Å². The summed E-state index contributed by atoms with van der Waals surface area (Å²) in [6.07, 6.45) is 10.4. The second-order valence-electron chi connectivity index (χ2n) is 11.7. The lowest BCUT2D eigenvalue weighted by Crippen LogP contribution is -2.42. The van der Waals surface area contributed by atoms with Crippen molar-refractivity contribution >= 4 is 40.7 Å². The molecule has 0 bridgehead atoms. The van der Waals surface area contributed by atoms with Crippen LogP contribution in [0.25, 0.3) is 6.08 Å². The van der Waals surface area contributed by atoms with Crippen molar-refractivity contribution in [1.82, 2.24) is 10.2 Å². The number of nitrogens with one attached hydrogen (secondary N) is 1. The molecule has 5 rings (SSSR count). The largest absolute Gasteiger partial charge is 0.489 e. The normalized spacial score (nSPS) is 13.9. The smallest absolute Gasteiger partial charge is 0.285 e. The van der Waals surface area contributed by atoms with Gasteiger partial charge in [0.2, 0.25) is 5.91 Å². The fourth-order valence-electron chi connectivity index (χ4n) is 5.62. The zero-order chi connectivity index (χ0) is 37.6. The lowest BCUT2D eigenvalue weighted by atomic mass is 9.99. The van der Waals surface area contributed by atoms with Gasteiger partial charge in [-0.25, -0.2) is 0 Å². The first-order chi connectivity index (χ1) is 25.9. The van der Waals surface area contributed by atoms with E-state index in [0.29, 0.717) is 29.0 Å². The second kappa shape index (κ2) is 18.7. The van der Waals surface area contributed by atoms with Gasteiger partial charge in [-0.15, -0.1) is 6.58 Å². The van der Waals surface area contributed by atoms with Crippen molar-refractivity contribution in [3.05, 3.63) is 191 Å². The van der Waals surface area contributed by atoms with Gasteiger partial charge in [-0.1, -0.05) is 128 Å². The molecule has 0 saturated carbocycles. The molecule has 4 aromatic carbocycles. The molecule has 0 atom stereocenters. The molecule has 0 saturated heterocycles. The number of thioether (sulfide) groups is 1. The van der Waals surface area contributed by atoms with Gasteiger partial charge in [-0.3, -0.25) is 19.3 Å². The molecule has 0 fully saturated rings. The number of allylic oxidation sites excluding steroid dienone is 5. The predicted octanol–water partition coefficient (Wildman–Crippen LogP) is 8.26. The number of aliphatic imine (C=N–C) groups is 1. The summed E-state index contributed by atoms with van der Waals surface area (Å²) in [5.74, 6) is -1.11. The maximum absolute atomic E-state index is 14.2. The molecule has 0 aromatic heterocycles. The zero-order valence-electron chi connectivity index (χ0n) is 29.3. The molecule has 1 aliphatic heterocycles. The lowest BCUT2D eigenvalue weighted by molar-refractivity contribution is -0.126. The minimum atomic E-state index is -0.720. The summed E-state index contributed by atoms with van der Waals surface area (Å²) in [5.41, 5.74) is 4.81. The summed E-state index contributed by atoms with van der Waals surface area (Å²) >= 11 is 1.00. The summed E-state index contributed by atoms with van der Waals surface area (Å²) in [6, 6.07) is 33.6. The van der Waals surface area contributed by atoms with Crippen molar-refractivity contribution in [2.75, 3.05) is 5.75 Å². The number of benzene rings is 4. The Balaban J connectivity index is 1.40. The first-order valence-electron chi connectivity index (χ1n) is 16.9. The van der Waals surface area contributed by atoms with Crippen LogP contribution >= 0.6 is 11.8 Å². The van der Waals surface area contributed by atoms with E-state index in [1.165, 1.54) is 11.0 Å². The fraction of sp³-hybridized carbons (Fsp3) is 0.114. The third-order valence-electron chi connectivity index (χ3n) is 8.19. The number of hydrogen-bond acceptors (Lipinski definition) is 6. The standard InChI is InChI=1S/C44H38N4O4S/c1-4-7-23-37(6-3)48-43(51)38(27-31-24-25-39(34(26-31)16-5-2)52-29-36-22-15-14-21-35(36)28-45)42(50)47-44(48)53-30-40(49)46-41(32-17-10-8-11-18-32)33-19-12-9-13-20-33/h4-15,17-27,41H,1-2,16,29-30H2,3H3,(H,46,49)/b23-7-,37-6+,38-27+. The highest BCUT2D eigenvalue weighted by Gasteiger charge is 2.35. The molecule has 0 unspecified atom stereocenters. The number of hydrogen-bond donors (Lipinski definition) is 1. The number of amidine groups is 1. The highest BCUT2D eigenvalue weighted by atomic mass is 32.2. The molecule has 1 N–H and O–H groups in total. The van der Waals surface area contributed by atoms with E-state index in [4.69, 9.17) is 4.74 Å². The number of rotatable bonds is 14. The number of carbonyl (C=O) groups is 3. The third-order valence-corrected chi connectivity index (χ3v) is 9.13. The van der Waals surface area contributed by atoms with Crippen LogP contribution in [0, 0.1) is 11.3 Å². The van der Waals surface area contributed by atoms with E-state index in [2.05, 4.69) is 29.5 Å². The number of nitrogens with zero attached hydrogens (tertiary/aromatic N) is 3. The molecule has 9 heteroatoms. The monoisotopic (exact) mass is 718 g/mol. The van der Waals surface area contributed by atoms with E-state index in [-0.39, 0.29) is 29.0 Å². The molecule has 0 spiro atoms. The van der Waals surface area contributed by atoms with E-state index in [1.807, 2.05) is 78.9 Å². The molecule has 3 amide bonds. The van der Waals surface area contributed by atoms with Gasteiger partial charge in [0, 0.05) is 11.3 Å². The van der Waals surface area contributed by atoms with Gasteiger partial charge in [-0.2, -0.15) is 10.3 Å². The van der Waals surface area contributed by atoms with Crippen LogP contribution in [0.1, 0.15) is 46.3 Å². The number of nitriles is 1. The maximum atomic E-state index is 14.2. The number of carbonyl (C=O) groups excluding carboxylic acids is 3. The fourth-order valence-corrected chi connectivity index (χ4v) is 6.42. The van der Waals surface area contributed by atoms with Gasteiger partial charge in [0.05, 0.1) is 23.4 Å². The van der Waals surface area contributed by atoms with E-state index in [1.54, 1.807) is 61.6 Å². The van der Waals surface area contributed by atoms with Crippen molar-refractivity contribution in [2.24, 2.45) is 4.99 Å². The number of ether oxygens (including phenoxy) is 1. The lowest BCUT2D eigenvalue weighted by Gasteiger charge is -2.28. The van der Waals surface area contributed by atoms with Crippen LogP contribution in [0.4, 0.5) is 0 Å². The highest BCUT2D eigenvalue weighted by Crippen LogP contribution is 2.29. The molecule has 1 aliphatic rings. The minimum absolute atomic E-state index is 0.0822. The third kappa shape index (κ3) is 9.64. The van der Waals surface area contributed by atoms with Crippen LogP contribution in [0.15, 0.2) is 163 Å². The Morgan fingerprint density at radius 1 is 0.962 bits per heavy atom. The second-order valence-corrected chi connectivity index (χ2v) is 12.7. The molecule has 0 radical (unpaired) electrons. The molecule has 0 aliphatic carbocycles. The number of amides is 3. The summed E-state index contributed by atoms with van der Waals surface area (Å²) in [7, 11) is 0. The summed E-state index contributed by atoms with van der Waals surface area (Å²) in [5, 5.41) is 12.6. The molecule has 53 heavy (non-hydrogen) atoms. The van der Waals surface area contributed by atoms with Crippen LogP contribution in [-0.2, 0) is 27.4 Å². The average molecular weight is 719 g/mol. The first kappa shape index (κ1) is 37.7. The van der Waals surface area contributed by atoms with E-state index >= 15 is 0 Å². The topological polar surface area (TPSA) is 112 Å². The van der Waals surface area contributed by atoms with Crippen molar-refractivity contribution in [2.45, 2.75) is 26.0 Å². The van der Waals surface area contributed by atoms with Gasteiger partial charge in [0.25, 0.3) is 11.8 Å². The predicted molar refractivity (Wildman–Crippen MR) is 212 cm³/mol. The van der Waals surface area contributed by atoms with Crippen molar-refractivity contribution in [3.8, 4) is 11.8 Å². The molecular formula is C44H38N4O4S. The van der Waals surface area contributed by atoms with Crippen molar-refractivity contribution < 1.29 is 19.1 Å². The zero-order valence-corrected chi connectivity index (χ0v) is 30.1. The van der Waals surface area contributed by atoms with Gasteiger partial charge in [-0.05, 0) is 65.9 Å². The van der Waals surface area contributed by atoms with Crippen LogP contribution in [0.2, 0.25) is 0 Å². The Morgan fingerprint density at radius 3 is 2.28 bits per heavy atom. The van der Waals surface area contributed by atoms with Crippen LogP contribution < -0.4 is 10.1 Å². The molecule has 1 heterocycles. The molecule has 8 nitrogen and oxygen atoms in total. The van der Waals surface area contributed by atoms with Gasteiger partial charge in [0.1, 0.15) is 17.9 Å². The van der Waals surface area contributed by atoms with Crippen LogP contribution in [-0.4, -0.2) is 33.5 Å². The van der Waals surface area contributed by atoms with Gasteiger partial charge in [0.15, 0.2) is 5.17 Å². The maximum Gasteiger partial charge on any atom is 0.285 e. The summed E-state index contributed by atoms with van der Waals surface area (Å²) < 4.78 is 6.10. The molecule has 264 valence electrons. The van der Waals surface area contributed by atoms with Crippen LogP contribution in [0.5, 0.6) is 5.75 Å². The summed E-state index contributed by atoms with van der Waals surface area (Å²) in [4.78, 5) is 46.8. The Bertz CT molecular complexity index is 2120. The van der Waals surface area contributed by atoms with Gasteiger partial charge >= 0.3 is 0 Å². The Kier molecular flexibility index (Phi) is 13.3. The van der Waals surface area contributed by atoms with Crippen LogP contribution in [0.3, 0.4) is 0 Å². The Morgan fingerprint density at radius 2 is 1.64 bits per heavy atom. The molecular weight excluding hydrogens is 681 g/mol. The SMILES string of the molecule is C=C/C=C\C(=C/C)N1C(=O)/C(=C/c2ccc(OCc3ccccc3C#N)c(CC=C)c2)C(=O)N=C1SCC(=O)NC(c1ccccc1)c1ccccc1. The average Bonchev–Trinajstić information content (AvgIpc) is 3.19. The quantitative estimate of drug-likeness (QED) is 0.0608. The summed E-state index contributed by atoms with van der Waals surface area (Å²) in [6.45, 7) is 9.56. The molecule has 4 aromatic rings. The van der Waals surface area contributed by atoms with E-state index in [9.17, 15) is 19.6 Å². The minimum Gasteiger partial charge on any atom is -0.489 e. The van der Waals surface area contributed by atoms with Crippen molar-refractivity contribution in [3.63, 3.8) is 0 Å². The Hall–Kier alpha value is -6.50. The first-order valence-corrected chi connectivity index (χ1v) is 17.9. The highest BCUT2D eigenvalue weighted by molar-refractivity contribution is 8.14. The van der Waals surface area contributed by atoms with E-state index < -0.39 is 17.9 Å². The van der Waals surface area contributed by atoms with Crippen molar-refractivity contribution in [1.29, 1.82) is 5.26 Å².